The van der Waals surface area contributed by atoms with E-state index in [1.54, 1.807) is 0 Å². The highest BCUT2D eigenvalue weighted by atomic mass is 16.5. The third-order valence-electron chi connectivity index (χ3n) is 6.00. The normalized spacial score (nSPS) is 20.3. The molecule has 4 rings (SSSR count). The number of rotatable bonds is 2. The molecule has 2 aromatic rings. The summed E-state index contributed by atoms with van der Waals surface area (Å²) in [6.07, 6.45) is 2.61. The van der Waals surface area contributed by atoms with Gasteiger partial charge >= 0.3 is 0 Å². The van der Waals surface area contributed by atoms with Gasteiger partial charge in [0.15, 0.2) is 0 Å². The van der Waals surface area contributed by atoms with Crippen LogP contribution in [0.1, 0.15) is 39.9 Å². The molecule has 0 aromatic heterocycles. The summed E-state index contributed by atoms with van der Waals surface area (Å²) in [5.74, 6) is 1.00. The highest BCUT2D eigenvalue weighted by molar-refractivity contribution is 5.94. The molecule has 2 heterocycles. The molecular weight excluding hydrogens is 392 g/mol. The maximum atomic E-state index is 13.2. The van der Waals surface area contributed by atoms with Crippen LogP contribution in [0, 0.1) is 5.92 Å². The number of fused-ring (bicyclic) bond motifs is 3. The summed E-state index contributed by atoms with van der Waals surface area (Å²) >= 11 is 0. The van der Waals surface area contributed by atoms with Gasteiger partial charge in [0.25, 0.3) is 5.91 Å². The van der Waals surface area contributed by atoms with E-state index in [1.165, 1.54) is 11.1 Å². The lowest BCUT2D eigenvalue weighted by atomic mass is 9.97. The number of hydrogen-bond donors (Lipinski definition) is 2. The second kappa shape index (κ2) is 10.8. The van der Waals surface area contributed by atoms with Crippen molar-refractivity contribution in [2.45, 2.75) is 25.8 Å². The van der Waals surface area contributed by atoms with Gasteiger partial charge in [0, 0.05) is 44.8 Å². The molecule has 2 aromatic carbocycles. The summed E-state index contributed by atoms with van der Waals surface area (Å²) in [4.78, 5) is 15.0. The first-order valence-electron chi connectivity index (χ1n) is 11.2. The first-order chi connectivity index (χ1) is 15.2. The monoisotopic (exact) mass is 424 g/mol. The van der Waals surface area contributed by atoms with Crippen molar-refractivity contribution in [2.75, 3.05) is 46.1 Å². The van der Waals surface area contributed by atoms with E-state index < -0.39 is 0 Å². The Balaban J connectivity index is 1.59. The average molecular weight is 425 g/mol. The molecule has 0 aliphatic carbocycles. The molecule has 6 nitrogen and oxygen atoms in total. The quantitative estimate of drug-likeness (QED) is 0.776. The van der Waals surface area contributed by atoms with E-state index in [-0.39, 0.29) is 18.4 Å². The van der Waals surface area contributed by atoms with E-state index in [4.69, 9.17) is 9.47 Å². The lowest BCUT2D eigenvalue weighted by Gasteiger charge is -2.32. The van der Waals surface area contributed by atoms with Gasteiger partial charge in [-0.25, -0.2) is 0 Å². The fourth-order valence-electron chi connectivity index (χ4n) is 4.33. The topological polar surface area (TPSA) is 71.0 Å². The number of aliphatic hydroxyl groups excluding tert-OH is 1. The van der Waals surface area contributed by atoms with Crippen LogP contribution in [-0.2, 0) is 17.7 Å². The first-order valence-corrected chi connectivity index (χ1v) is 11.2. The molecule has 31 heavy (non-hydrogen) atoms. The third kappa shape index (κ3) is 5.85. The number of carbonyl (C=O) groups excluding carboxylic acids is 1. The fourth-order valence-corrected chi connectivity index (χ4v) is 4.33. The molecule has 166 valence electrons. The highest BCUT2D eigenvalue weighted by Gasteiger charge is 2.24. The average Bonchev–Trinajstić information content (AvgIpc) is 2.81. The van der Waals surface area contributed by atoms with Crippen LogP contribution in [0.25, 0.3) is 0 Å². The number of likely N-dealkylation sites (tertiary alicyclic amines) is 1. The summed E-state index contributed by atoms with van der Waals surface area (Å²) in [6, 6.07) is 14.3. The van der Waals surface area contributed by atoms with Crippen molar-refractivity contribution in [2.24, 2.45) is 5.92 Å². The molecule has 1 saturated heterocycles. The zero-order chi connectivity index (χ0) is 21.5. The van der Waals surface area contributed by atoms with Crippen LogP contribution in [0.5, 0.6) is 5.75 Å². The Hall–Kier alpha value is -2.41. The molecule has 0 saturated carbocycles. The number of carbonyl (C=O) groups is 1. The van der Waals surface area contributed by atoms with Crippen molar-refractivity contribution < 1.29 is 19.4 Å². The van der Waals surface area contributed by atoms with E-state index in [1.807, 2.05) is 23.1 Å². The van der Waals surface area contributed by atoms with Gasteiger partial charge in [-0.1, -0.05) is 24.3 Å². The minimum atomic E-state index is 0.0293. The van der Waals surface area contributed by atoms with Crippen molar-refractivity contribution in [1.82, 2.24) is 10.2 Å². The van der Waals surface area contributed by atoms with Gasteiger partial charge in [0.05, 0.1) is 13.2 Å². The summed E-state index contributed by atoms with van der Waals surface area (Å²) in [5, 5.41) is 12.9. The SMILES string of the molecule is O=C(c1ccc2c(c1)Cc1cccc(c1)CNCCOCCO2)N1CCCC(CO)C1. The molecule has 2 aliphatic heterocycles. The van der Waals surface area contributed by atoms with Crippen molar-refractivity contribution >= 4 is 5.91 Å². The Morgan fingerprint density at radius 3 is 2.94 bits per heavy atom. The zero-order valence-corrected chi connectivity index (χ0v) is 18.0. The van der Waals surface area contributed by atoms with Gasteiger partial charge < -0.3 is 24.8 Å². The molecule has 1 unspecified atom stereocenters. The maximum Gasteiger partial charge on any atom is 0.253 e. The van der Waals surface area contributed by atoms with Gasteiger partial charge in [-0.15, -0.1) is 0 Å². The van der Waals surface area contributed by atoms with Gasteiger partial charge in [0.1, 0.15) is 12.4 Å². The molecule has 1 fully saturated rings. The Morgan fingerprint density at radius 1 is 1.13 bits per heavy atom. The van der Waals surface area contributed by atoms with Gasteiger partial charge in [-0.05, 0) is 53.6 Å². The predicted octanol–water partition coefficient (Wildman–Crippen LogP) is 2.62. The molecule has 2 N–H and O–H groups in total. The third-order valence-corrected chi connectivity index (χ3v) is 6.00. The summed E-state index contributed by atoms with van der Waals surface area (Å²) in [7, 11) is 0. The Kier molecular flexibility index (Phi) is 7.57. The summed E-state index contributed by atoms with van der Waals surface area (Å²) in [5.41, 5.74) is 4.10. The number of amides is 1. The van der Waals surface area contributed by atoms with Crippen LogP contribution in [0.3, 0.4) is 0 Å². The lowest BCUT2D eigenvalue weighted by molar-refractivity contribution is 0.0620. The smallest absolute Gasteiger partial charge is 0.253 e. The molecule has 1 atom stereocenters. The molecule has 6 heteroatoms. The number of piperidine rings is 1. The van der Waals surface area contributed by atoms with Crippen molar-refractivity contribution in [1.29, 1.82) is 0 Å². The number of aliphatic hydroxyl groups is 1. The van der Waals surface area contributed by atoms with Crippen LogP contribution in [-0.4, -0.2) is 62.0 Å². The van der Waals surface area contributed by atoms with Gasteiger partial charge in [-0.3, -0.25) is 4.79 Å². The summed E-state index contributed by atoms with van der Waals surface area (Å²) in [6.45, 7) is 4.77. The number of nitrogens with zero attached hydrogens (tertiary/aromatic N) is 1. The zero-order valence-electron chi connectivity index (χ0n) is 18.0. The van der Waals surface area contributed by atoms with E-state index in [0.29, 0.717) is 38.3 Å². The van der Waals surface area contributed by atoms with E-state index in [2.05, 4.69) is 29.6 Å². The van der Waals surface area contributed by atoms with Crippen LogP contribution in [0.15, 0.2) is 42.5 Å². The number of benzene rings is 2. The van der Waals surface area contributed by atoms with Crippen LogP contribution < -0.4 is 10.1 Å². The van der Waals surface area contributed by atoms with E-state index in [0.717, 1.165) is 43.8 Å². The predicted molar refractivity (Wildman–Crippen MR) is 119 cm³/mol. The Bertz CT molecular complexity index is 886. The molecular formula is C25H32N2O4. The van der Waals surface area contributed by atoms with E-state index in [9.17, 15) is 9.90 Å². The van der Waals surface area contributed by atoms with Crippen molar-refractivity contribution in [3.05, 3.63) is 64.7 Å². The maximum absolute atomic E-state index is 13.2. The number of ether oxygens (including phenoxy) is 2. The minimum Gasteiger partial charge on any atom is -0.491 e. The molecule has 2 bridgehead atoms. The van der Waals surface area contributed by atoms with Crippen LogP contribution in [0.2, 0.25) is 0 Å². The standard InChI is InChI=1S/C25H32N2O4/c28-18-21-5-2-9-27(17-21)25(29)22-6-7-24-23(15-22)14-19-3-1-4-20(13-19)16-26-8-10-30-11-12-31-24/h1,3-4,6-7,13,15,21,26,28H,2,5,8-12,14,16-18H2. The lowest BCUT2D eigenvalue weighted by Crippen LogP contribution is -2.41. The molecule has 1 amide bonds. The van der Waals surface area contributed by atoms with E-state index >= 15 is 0 Å². The minimum absolute atomic E-state index is 0.0293. The van der Waals surface area contributed by atoms with Gasteiger partial charge in [-0.2, -0.15) is 0 Å². The number of nitrogens with one attached hydrogen (secondary N) is 1. The summed E-state index contributed by atoms with van der Waals surface area (Å²) < 4.78 is 11.7. The molecule has 0 radical (unpaired) electrons. The Morgan fingerprint density at radius 2 is 2.03 bits per heavy atom. The van der Waals surface area contributed by atoms with Crippen LogP contribution >= 0.6 is 0 Å². The van der Waals surface area contributed by atoms with Crippen molar-refractivity contribution in [3.63, 3.8) is 0 Å². The highest BCUT2D eigenvalue weighted by Crippen LogP contribution is 2.26. The fraction of sp³-hybridized carbons (Fsp3) is 0.480. The molecule has 0 spiro atoms. The van der Waals surface area contributed by atoms with Crippen LogP contribution in [0.4, 0.5) is 0 Å². The van der Waals surface area contributed by atoms with Gasteiger partial charge in [0.2, 0.25) is 0 Å². The first kappa shape index (κ1) is 21.8. The number of hydrogen-bond acceptors (Lipinski definition) is 5. The second-order valence-electron chi connectivity index (χ2n) is 8.40. The second-order valence-corrected chi connectivity index (χ2v) is 8.40. The molecule has 2 aliphatic rings. The largest absolute Gasteiger partial charge is 0.491 e. The van der Waals surface area contributed by atoms with Crippen molar-refractivity contribution in [3.8, 4) is 5.75 Å². The Labute approximate surface area is 184 Å².